The molecule has 1 aromatic heterocycles. The minimum atomic E-state index is -4.51. The van der Waals surface area contributed by atoms with Gasteiger partial charge < -0.3 is 14.7 Å². The smallest absolute Gasteiger partial charge is 0.355 e. The lowest BCUT2D eigenvalue weighted by molar-refractivity contribution is -0.137. The maximum atomic E-state index is 13.2. The van der Waals surface area contributed by atoms with Crippen molar-refractivity contribution in [2.75, 3.05) is 13.1 Å². The molecule has 0 saturated carbocycles. The molecule has 2 aliphatic rings. The second-order valence-corrected chi connectivity index (χ2v) is 6.68. The number of benzene rings is 1. The third-order valence-corrected chi connectivity index (χ3v) is 5.11. The molecule has 4 rings (SSSR count). The number of rotatable bonds is 2. The predicted octanol–water partition coefficient (Wildman–Crippen LogP) is 3.33. The number of nitrogens with one attached hydrogen (secondary N) is 1. The van der Waals surface area contributed by atoms with E-state index in [1.54, 1.807) is 4.90 Å². The van der Waals surface area contributed by atoms with Crippen molar-refractivity contribution < 1.29 is 22.5 Å². The Bertz CT molecular complexity index is 818. The van der Waals surface area contributed by atoms with E-state index in [9.17, 15) is 18.0 Å². The fourth-order valence-corrected chi connectivity index (χ4v) is 3.92. The van der Waals surface area contributed by atoms with Gasteiger partial charge in [-0.25, -0.2) is 0 Å². The molecule has 2 atom stereocenters. The minimum absolute atomic E-state index is 0.0459. The number of fused-ring (bicyclic) bond motifs is 1. The summed E-state index contributed by atoms with van der Waals surface area (Å²) < 4.78 is 44.7. The number of piperidine rings is 1. The highest BCUT2D eigenvalue weighted by molar-refractivity contribution is 5.93. The lowest BCUT2D eigenvalue weighted by atomic mass is 9.97. The summed E-state index contributed by atoms with van der Waals surface area (Å²) in [5.41, 5.74) is -0.886. The lowest BCUT2D eigenvalue weighted by Gasteiger charge is -2.36. The molecule has 138 valence electrons. The number of likely N-dealkylation sites (tertiary alicyclic amines) is 1. The molecule has 3 heterocycles. The van der Waals surface area contributed by atoms with Crippen molar-refractivity contribution in [3.05, 3.63) is 41.6 Å². The number of aromatic nitrogens is 1. The van der Waals surface area contributed by atoms with Gasteiger partial charge >= 0.3 is 6.18 Å². The number of nitrogens with zero attached hydrogens (tertiary/aromatic N) is 2. The van der Waals surface area contributed by atoms with Crippen LogP contribution >= 0.6 is 0 Å². The van der Waals surface area contributed by atoms with E-state index in [0.717, 1.165) is 31.9 Å². The molecule has 2 fully saturated rings. The van der Waals surface area contributed by atoms with Crippen molar-refractivity contribution in [1.82, 2.24) is 15.4 Å². The molecule has 2 saturated heterocycles. The predicted molar refractivity (Wildman–Crippen MR) is 87.4 cm³/mol. The first-order valence-electron chi connectivity index (χ1n) is 8.63. The van der Waals surface area contributed by atoms with Crippen molar-refractivity contribution in [2.24, 2.45) is 0 Å². The van der Waals surface area contributed by atoms with Crippen molar-refractivity contribution >= 4 is 5.91 Å². The zero-order valence-corrected chi connectivity index (χ0v) is 13.9. The van der Waals surface area contributed by atoms with Gasteiger partial charge in [-0.05, 0) is 31.9 Å². The van der Waals surface area contributed by atoms with E-state index in [1.165, 1.54) is 24.3 Å². The van der Waals surface area contributed by atoms with E-state index in [-0.39, 0.29) is 35.0 Å². The van der Waals surface area contributed by atoms with Crippen LogP contribution in [0.15, 0.2) is 34.9 Å². The molecule has 1 N–H and O–H groups in total. The third kappa shape index (κ3) is 2.98. The van der Waals surface area contributed by atoms with Crippen LogP contribution in [0.4, 0.5) is 13.2 Å². The Kier molecular flexibility index (Phi) is 4.22. The molecule has 1 amide bonds. The van der Waals surface area contributed by atoms with Crippen LogP contribution in [0, 0.1) is 0 Å². The first-order valence-corrected chi connectivity index (χ1v) is 8.63. The molecule has 1 aromatic carbocycles. The van der Waals surface area contributed by atoms with Gasteiger partial charge in [0.15, 0.2) is 11.5 Å². The zero-order valence-electron chi connectivity index (χ0n) is 13.9. The third-order valence-electron chi connectivity index (χ3n) is 5.11. The summed E-state index contributed by atoms with van der Waals surface area (Å²) in [6, 6.07) is 6.81. The SMILES string of the molecule is O=C(c1cc(-c2ccccc2C(F)(F)F)on1)N1CCC[C@@H]2NCC[C@@H]21. The van der Waals surface area contributed by atoms with Crippen LogP contribution in [0.2, 0.25) is 0 Å². The molecule has 8 heteroatoms. The fraction of sp³-hybridized carbons (Fsp3) is 0.444. The monoisotopic (exact) mass is 365 g/mol. The van der Waals surface area contributed by atoms with Gasteiger partial charge in [0, 0.05) is 30.3 Å². The quantitative estimate of drug-likeness (QED) is 0.887. The van der Waals surface area contributed by atoms with Gasteiger partial charge in [0.25, 0.3) is 5.91 Å². The fourth-order valence-electron chi connectivity index (χ4n) is 3.92. The number of carbonyl (C=O) groups is 1. The van der Waals surface area contributed by atoms with Gasteiger partial charge in [-0.3, -0.25) is 4.79 Å². The first-order chi connectivity index (χ1) is 12.4. The van der Waals surface area contributed by atoms with Crippen molar-refractivity contribution in [3.63, 3.8) is 0 Å². The summed E-state index contributed by atoms with van der Waals surface area (Å²) in [6.45, 7) is 1.49. The maximum absolute atomic E-state index is 13.2. The van der Waals surface area contributed by atoms with E-state index >= 15 is 0 Å². The van der Waals surface area contributed by atoms with Crippen LogP contribution < -0.4 is 5.32 Å². The van der Waals surface area contributed by atoms with Gasteiger partial charge in [0.2, 0.25) is 0 Å². The van der Waals surface area contributed by atoms with Gasteiger partial charge in [0.1, 0.15) is 0 Å². The average molecular weight is 365 g/mol. The van der Waals surface area contributed by atoms with Crippen LogP contribution in [0.5, 0.6) is 0 Å². The highest BCUT2D eigenvalue weighted by atomic mass is 19.4. The second-order valence-electron chi connectivity index (χ2n) is 6.68. The Morgan fingerprint density at radius 2 is 2.08 bits per heavy atom. The number of alkyl halides is 3. The molecular weight excluding hydrogens is 347 g/mol. The average Bonchev–Trinajstić information content (AvgIpc) is 3.29. The van der Waals surface area contributed by atoms with E-state index in [0.29, 0.717) is 6.54 Å². The summed E-state index contributed by atoms with van der Waals surface area (Å²) in [5.74, 6) is -0.345. The minimum Gasteiger partial charge on any atom is -0.355 e. The Hall–Kier alpha value is -2.35. The standard InChI is InChI=1S/C18H18F3N3O2/c19-18(20,21)12-5-2-1-4-11(12)16-10-14(23-26-16)17(25)24-9-3-6-13-15(24)7-8-22-13/h1-2,4-5,10,13,15,22H,3,6-9H2/t13-,15-/m0/s1. The van der Waals surface area contributed by atoms with Crippen molar-refractivity contribution in [3.8, 4) is 11.3 Å². The number of hydrogen-bond acceptors (Lipinski definition) is 4. The van der Waals surface area contributed by atoms with Crippen LogP contribution in [0.1, 0.15) is 35.3 Å². The molecule has 0 bridgehead atoms. The highest BCUT2D eigenvalue weighted by Crippen LogP contribution is 2.37. The normalized spacial score (nSPS) is 23.1. The zero-order chi connectivity index (χ0) is 18.3. The van der Waals surface area contributed by atoms with Crippen LogP contribution in [-0.2, 0) is 6.18 Å². The first kappa shape index (κ1) is 17.1. The Balaban J connectivity index is 1.62. The Morgan fingerprint density at radius 3 is 2.88 bits per heavy atom. The summed E-state index contributed by atoms with van der Waals surface area (Å²) in [6.07, 6.45) is -1.72. The maximum Gasteiger partial charge on any atom is 0.417 e. The Morgan fingerprint density at radius 1 is 1.27 bits per heavy atom. The lowest BCUT2D eigenvalue weighted by Crippen LogP contribution is -2.51. The molecule has 0 radical (unpaired) electrons. The molecule has 2 aliphatic heterocycles. The van der Waals surface area contributed by atoms with Crippen molar-refractivity contribution in [1.29, 1.82) is 0 Å². The van der Waals surface area contributed by atoms with Crippen molar-refractivity contribution in [2.45, 2.75) is 37.5 Å². The summed E-state index contributed by atoms with van der Waals surface area (Å²) in [7, 11) is 0. The summed E-state index contributed by atoms with van der Waals surface area (Å²) in [4.78, 5) is 14.6. The topological polar surface area (TPSA) is 58.4 Å². The molecule has 5 nitrogen and oxygen atoms in total. The number of halogens is 3. The van der Waals surface area contributed by atoms with E-state index in [1.807, 2.05) is 0 Å². The highest BCUT2D eigenvalue weighted by Gasteiger charge is 2.39. The van der Waals surface area contributed by atoms with Gasteiger partial charge in [-0.15, -0.1) is 0 Å². The van der Waals surface area contributed by atoms with Crippen LogP contribution in [0.25, 0.3) is 11.3 Å². The number of carbonyl (C=O) groups excluding carboxylic acids is 1. The van der Waals surface area contributed by atoms with Gasteiger partial charge in [-0.1, -0.05) is 23.4 Å². The summed E-state index contributed by atoms with van der Waals surface area (Å²) >= 11 is 0. The molecule has 0 unspecified atom stereocenters. The molecular formula is C18H18F3N3O2. The second kappa shape index (κ2) is 6.42. The van der Waals surface area contributed by atoms with Crippen LogP contribution in [0.3, 0.4) is 0 Å². The van der Waals surface area contributed by atoms with E-state index in [4.69, 9.17) is 4.52 Å². The largest absolute Gasteiger partial charge is 0.417 e. The van der Waals surface area contributed by atoms with Gasteiger partial charge in [-0.2, -0.15) is 13.2 Å². The number of hydrogen-bond donors (Lipinski definition) is 1. The Labute approximate surface area is 148 Å². The van der Waals surface area contributed by atoms with E-state index < -0.39 is 11.7 Å². The van der Waals surface area contributed by atoms with E-state index in [2.05, 4.69) is 10.5 Å². The molecule has 0 aliphatic carbocycles. The van der Waals surface area contributed by atoms with Crippen LogP contribution in [-0.4, -0.2) is 41.1 Å². The van der Waals surface area contributed by atoms with Gasteiger partial charge in [0.05, 0.1) is 5.56 Å². The molecule has 0 spiro atoms. The number of amides is 1. The molecule has 2 aromatic rings. The summed E-state index contributed by atoms with van der Waals surface area (Å²) in [5, 5.41) is 7.14. The molecule has 26 heavy (non-hydrogen) atoms.